The number of hydrogen-bond donors (Lipinski definition) is 2. The van der Waals surface area contributed by atoms with Gasteiger partial charge in [0, 0.05) is 43.2 Å². The van der Waals surface area contributed by atoms with E-state index in [1.54, 1.807) is 31.3 Å². The summed E-state index contributed by atoms with van der Waals surface area (Å²) < 4.78 is 10.8. The Labute approximate surface area is 231 Å². The molecule has 11 heteroatoms. The monoisotopic (exact) mass is 557 g/mol. The van der Waals surface area contributed by atoms with Crippen molar-refractivity contribution < 1.29 is 19.1 Å². The van der Waals surface area contributed by atoms with Gasteiger partial charge in [0.05, 0.1) is 41.9 Å². The zero-order valence-corrected chi connectivity index (χ0v) is 23.1. The molecule has 1 fully saturated rings. The molecule has 1 aliphatic rings. The van der Waals surface area contributed by atoms with Crippen LogP contribution in [0.2, 0.25) is 10.0 Å². The number of benzene rings is 2. The Morgan fingerprint density at radius 2 is 1.74 bits per heavy atom. The van der Waals surface area contributed by atoms with Crippen molar-refractivity contribution in [3.05, 3.63) is 53.2 Å². The number of carbonyl (C=O) groups is 2. The van der Waals surface area contributed by atoms with Gasteiger partial charge in [0.15, 0.2) is 0 Å². The molecule has 200 valence electrons. The minimum absolute atomic E-state index is 0.0191. The molecule has 1 heterocycles. The molecular weight excluding hydrogens is 529 g/mol. The molecule has 1 saturated carbocycles. The van der Waals surface area contributed by atoms with Crippen LogP contribution in [0.25, 0.3) is 22.0 Å². The highest BCUT2D eigenvalue weighted by molar-refractivity contribution is 6.41. The third kappa shape index (κ3) is 5.49. The number of aromatic nitrogens is 2. The molecule has 0 spiro atoms. The number of carbonyl (C=O) groups excluding carboxylic acids is 2. The molecule has 2 N–H and O–H groups in total. The predicted octanol–water partition coefficient (Wildman–Crippen LogP) is 4.57. The quantitative estimate of drug-likeness (QED) is 0.391. The Bertz CT molecular complexity index is 1370. The fraction of sp³-hybridized carbons (Fsp3) is 0.333. The summed E-state index contributed by atoms with van der Waals surface area (Å²) in [4.78, 5) is 35.3. The van der Waals surface area contributed by atoms with E-state index >= 15 is 0 Å². The summed E-state index contributed by atoms with van der Waals surface area (Å²) in [6.07, 6.45) is 3.96. The third-order valence-corrected chi connectivity index (χ3v) is 7.37. The second-order valence-corrected chi connectivity index (χ2v) is 9.98. The minimum atomic E-state index is -0.293. The first-order valence-corrected chi connectivity index (χ1v) is 12.7. The predicted molar refractivity (Wildman–Crippen MR) is 149 cm³/mol. The molecule has 38 heavy (non-hydrogen) atoms. The van der Waals surface area contributed by atoms with Gasteiger partial charge in [-0.15, -0.1) is 0 Å². The van der Waals surface area contributed by atoms with Crippen LogP contribution in [0.3, 0.4) is 0 Å². The van der Waals surface area contributed by atoms with Gasteiger partial charge in [0.25, 0.3) is 0 Å². The van der Waals surface area contributed by atoms with Crippen molar-refractivity contribution in [2.45, 2.75) is 24.9 Å². The van der Waals surface area contributed by atoms with Crippen molar-refractivity contribution in [2.24, 2.45) is 5.92 Å². The Kier molecular flexibility index (Phi) is 8.28. The highest BCUT2D eigenvalue weighted by Gasteiger charge is 2.39. The maximum Gasteiger partial charge on any atom is 0.243 e. The van der Waals surface area contributed by atoms with Crippen molar-refractivity contribution in [2.75, 3.05) is 33.6 Å². The number of nitrogens with zero attached hydrogens (tertiary/aromatic N) is 3. The Balaban J connectivity index is 1.63. The van der Waals surface area contributed by atoms with Gasteiger partial charge >= 0.3 is 0 Å². The van der Waals surface area contributed by atoms with Crippen molar-refractivity contribution >= 4 is 51.9 Å². The Morgan fingerprint density at radius 3 is 2.34 bits per heavy atom. The number of amides is 2. The molecule has 3 aromatic rings. The van der Waals surface area contributed by atoms with Gasteiger partial charge in [-0.2, -0.15) is 0 Å². The number of fused-ring (bicyclic) bond motifs is 1. The summed E-state index contributed by atoms with van der Waals surface area (Å²) >= 11 is 13.2. The van der Waals surface area contributed by atoms with E-state index in [1.807, 2.05) is 18.2 Å². The van der Waals surface area contributed by atoms with Crippen LogP contribution >= 0.6 is 23.2 Å². The van der Waals surface area contributed by atoms with Gasteiger partial charge in [0.2, 0.25) is 17.8 Å². The van der Waals surface area contributed by atoms with Crippen molar-refractivity contribution in [1.82, 2.24) is 20.2 Å². The summed E-state index contributed by atoms with van der Waals surface area (Å²) in [5.74, 6) is 0.781. The van der Waals surface area contributed by atoms with Gasteiger partial charge in [-0.3, -0.25) is 9.59 Å². The lowest BCUT2D eigenvalue weighted by atomic mass is 10.0. The van der Waals surface area contributed by atoms with Gasteiger partial charge in [-0.05, 0) is 36.6 Å². The topological polar surface area (TPSA) is 106 Å². The number of hydrogen-bond acceptors (Lipinski definition) is 7. The third-order valence-electron chi connectivity index (χ3n) is 6.62. The molecular formula is C27H29Cl2N5O4. The number of rotatable bonds is 8. The van der Waals surface area contributed by atoms with Crippen molar-refractivity contribution in [1.29, 1.82) is 0 Å². The molecule has 3 unspecified atom stereocenters. The van der Waals surface area contributed by atoms with Crippen LogP contribution in [0, 0.1) is 5.92 Å². The van der Waals surface area contributed by atoms with E-state index in [0.717, 1.165) is 10.9 Å². The lowest BCUT2D eigenvalue weighted by Crippen LogP contribution is -2.43. The first kappa shape index (κ1) is 27.5. The fourth-order valence-corrected chi connectivity index (χ4v) is 5.45. The zero-order chi connectivity index (χ0) is 27.6. The minimum Gasteiger partial charge on any atom is -0.495 e. The lowest BCUT2D eigenvalue weighted by molar-refractivity contribution is -0.132. The summed E-state index contributed by atoms with van der Waals surface area (Å²) in [5, 5.41) is 7.74. The fourth-order valence-electron chi connectivity index (χ4n) is 4.73. The average molecular weight is 558 g/mol. The largest absolute Gasteiger partial charge is 0.495 e. The van der Waals surface area contributed by atoms with Crippen molar-refractivity contribution in [3.63, 3.8) is 0 Å². The highest BCUT2D eigenvalue weighted by atomic mass is 35.5. The smallest absolute Gasteiger partial charge is 0.243 e. The normalized spacial score (nSPS) is 18.6. The maximum atomic E-state index is 12.6. The number of nitrogens with one attached hydrogen (secondary N) is 2. The first-order valence-electron chi connectivity index (χ1n) is 11.9. The standard InChI is InChI=1S/C27H29Cl2N5O4/c1-6-22(35)31-18-10-15(26(36)34(2)3)11-19(18)33-27-30-13-16-9-14(7-8-17(16)32-27)23-24(28)20(37-4)12-21(38-5)25(23)29/h6-9,12-13,15,18-19H,1,10-11H2,2-5H3,(H,31,35)(H,30,32,33). The van der Waals surface area contributed by atoms with Crippen LogP contribution in [0.4, 0.5) is 5.95 Å². The molecule has 2 aromatic carbocycles. The van der Waals surface area contributed by atoms with Gasteiger partial charge in [-0.1, -0.05) is 35.8 Å². The first-order chi connectivity index (χ1) is 18.2. The lowest BCUT2D eigenvalue weighted by Gasteiger charge is -2.21. The Morgan fingerprint density at radius 1 is 1.08 bits per heavy atom. The van der Waals surface area contributed by atoms with Crippen LogP contribution < -0.4 is 20.1 Å². The molecule has 1 aromatic heterocycles. The van der Waals surface area contributed by atoms with E-state index in [2.05, 4.69) is 27.2 Å². The molecule has 0 radical (unpaired) electrons. The van der Waals surface area contributed by atoms with Crippen LogP contribution in [0.1, 0.15) is 12.8 Å². The number of ether oxygens (including phenoxy) is 2. The van der Waals surface area contributed by atoms with Gasteiger partial charge < -0.3 is 25.0 Å². The highest BCUT2D eigenvalue weighted by Crippen LogP contribution is 2.46. The van der Waals surface area contributed by atoms with Crippen LogP contribution in [-0.2, 0) is 9.59 Å². The summed E-state index contributed by atoms with van der Waals surface area (Å²) in [5.41, 5.74) is 2.03. The second-order valence-electron chi connectivity index (χ2n) is 9.22. The average Bonchev–Trinajstić information content (AvgIpc) is 3.29. The van der Waals surface area contributed by atoms with Crippen LogP contribution in [0.5, 0.6) is 11.5 Å². The number of halogens is 2. The van der Waals surface area contributed by atoms with E-state index in [4.69, 9.17) is 32.7 Å². The van der Waals surface area contributed by atoms with E-state index in [-0.39, 0.29) is 29.8 Å². The maximum absolute atomic E-state index is 12.6. The van der Waals surface area contributed by atoms with Gasteiger partial charge in [0.1, 0.15) is 11.5 Å². The molecule has 0 bridgehead atoms. The summed E-state index contributed by atoms with van der Waals surface area (Å²) in [6, 6.07) is 6.73. The molecule has 9 nitrogen and oxygen atoms in total. The van der Waals surface area contributed by atoms with E-state index in [9.17, 15) is 9.59 Å². The molecule has 0 saturated heterocycles. The van der Waals surface area contributed by atoms with Crippen molar-refractivity contribution in [3.8, 4) is 22.6 Å². The summed E-state index contributed by atoms with van der Waals surface area (Å²) in [7, 11) is 6.50. The second kappa shape index (κ2) is 11.4. The zero-order valence-electron chi connectivity index (χ0n) is 21.5. The van der Waals surface area contributed by atoms with Crippen LogP contribution in [0.15, 0.2) is 43.1 Å². The Hall–Kier alpha value is -3.56. The number of methoxy groups -OCH3 is 2. The van der Waals surface area contributed by atoms with E-state index < -0.39 is 0 Å². The number of anilines is 1. The van der Waals surface area contributed by atoms with E-state index in [1.165, 1.54) is 20.3 Å². The molecule has 3 atom stereocenters. The molecule has 4 rings (SSSR count). The molecule has 2 amide bonds. The van der Waals surface area contributed by atoms with Crippen LogP contribution in [-0.4, -0.2) is 67.1 Å². The van der Waals surface area contributed by atoms with Gasteiger partial charge in [-0.25, -0.2) is 9.97 Å². The molecule has 0 aliphatic heterocycles. The molecule has 1 aliphatic carbocycles. The SMILES string of the molecule is C=CC(=O)NC1CC(C(=O)N(C)C)CC1Nc1ncc2cc(-c3c(Cl)c(OC)cc(OC)c3Cl)ccc2n1. The van der Waals surface area contributed by atoms with E-state index in [0.29, 0.717) is 51.4 Å². The summed E-state index contributed by atoms with van der Waals surface area (Å²) in [6.45, 7) is 3.52.